The summed E-state index contributed by atoms with van der Waals surface area (Å²) in [6.07, 6.45) is 10.8. The Morgan fingerprint density at radius 1 is 1.08 bits per heavy atom. The second-order valence-electron chi connectivity index (χ2n) is 6.43. The lowest BCUT2D eigenvalue weighted by atomic mass is 9.98. The van der Waals surface area contributed by atoms with E-state index in [9.17, 15) is 4.79 Å². The standard InChI is InChI=1S/C17H32Br2N2O3/c18-11-7-5-3-1-2-4-6-8-16(19)23-17(22)24-21-12-9-15(14-20)10-13-21/h15-16H,1-14,20H2. The van der Waals surface area contributed by atoms with E-state index in [0.29, 0.717) is 12.5 Å². The minimum Gasteiger partial charge on any atom is -0.418 e. The topological polar surface area (TPSA) is 64.8 Å². The Hall–Kier alpha value is 0.150. The zero-order valence-electron chi connectivity index (χ0n) is 14.6. The van der Waals surface area contributed by atoms with Crippen LogP contribution < -0.4 is 5.73 Å². The molecule has 0 aromatic carbocycles. The van der Waals surface area contributed by atoms with Gasteiger partial charge in [0.25, 0.3) is 0 Å². The van der Waals surface area contributed by atoms with Gasteiger partial charge in [-0.25, -0.2) is 4.79 Å². The van der Waals surface area contributed by atoms with E-state index in [1.54, 1.807) is 5.06 Å². The van der Waals surface area contributed by atoms with Crippen LogP contribution in [0.1, 0.15) is 64.2 Å². The van der Waals surface area contributed by atoms with E-state index in [1.807, 2.05) is 0 Å². The van der Waals surface area contributed by atoms with Crippen molar-refractivity contribution in [1.29, 1.82) is 0 Å². The van der Waals surface area contributed by atoms with Crippen LogP contribution in [0.15, 0.2) is 0 Å². The summed E-state index contributed by atoms with van der Waals surface area (Å²) in [5.74, 6) is 0.546. The Morgan fingerprint density at radius 2 is 1.67 bits per heavy atom. The molecule has 1 rings (SSSR count). The highest BCUT2D eigenvalue weighted by atomic mass is 79.9. The number of halogens is 2. The summed E-state index contributed by atoms with van der Waals surface area (Å²) in [5, 5.41) is 2.53. The number of unbranched alkanes of at least 4 members (excludes halogenated alkanes) is 6. The molecular weight excluding hydrogens is 440 g/mol. The predicted octanol–water partition coefficient (Wildman–Crippen LogP) is 4.96. The molecule has 0 aliphatic carbocycles. The summed E-state index contributed by atoms with van der Waals surface area (Å²) in [6.45, 7) is 2.18. The van der Waals surface area contributed by atoms with Crippen LogP contribution in [0.4, 0.5) is 4.79 Å². The maximum Gasteiger partial charge on any atom is 0.529 e. The molecule has 1 aliphatic rings. The lowest BCUT2D eigenvalue weighted by molar-refractivity contribution is -0.143. The number of alkyl halides is 2. The Morgan fingerprint density at radius 3 is 2.25 bits per heavy atom. The number of piperidine rings is 1. The number of hydroxylamine groups is 2. The Balaban J connectivity index is 1.98. The lowest BCUT2D eigenvalue weighted by Crippen LogP contribution is -2.38. The van der Waals surface area contributed by atoms with Crippen molar-refractivity contribution < 1.29 is 14.4 Å². The van der Waals surface area contributed by atoms with Crippen molar-refractivity contribution in [3.8, 4) is 0 Å². The van der Waals surface area contributed by atoms with Gasteiger partial charge in [-0.2, -0.15) is 0 Å². The van der Waals surface area contributed by atoms with Gasteiger partial charge in [-0.05, 0) is 60.5 Å². The third-order valence-corrected chi connectivity index (χ3v) is 5.60. The number of nitrogens with zero attached hydrogens (tertiary/aromatic N) is 1. The molecule has 7 heteroatoms. The van der Waals surface area contributed by atoms with Gasteiger partial charge in [-0.3, -0.25) is 0 Å². The molecule has 0 aromatic heterocycles. The molecule has 0 radical (unpaired) electrons. The van der Waals surface area contributed by atoms with E-state index in [2.05, 4.69) is 31.9 Å². The van der Waals surface area contributed by atoms with Gasteiger partial charge in [0.05, 0.1) is 0 Å². The second-order valence-corrected chi connectivity index (χ2v) is 8.24. The van der Waals surface area contributed by atoms with Gasteiger partial charge < -0.3 is 15.3 Å². The molecule has 0 amide bonds. The van der Waals surface area contributed by atoms with Crippen LogP contribution in [0.25, 0.3) is 0 Å². The Kier molecular flexibility index (Phi) is 13.3. The first-order valence-corrected chi connectivity index (χ1v) is 11.2. The number of hydrogen-bond donors (Lipinski definition) is 1. The molecule has 1 saturated heterocycles. The van der Waals surface area contributed by atoms with Crippen LogP contribution in [0.2, 0.25) is 0 Å². The van der Waals surface area contributed by atoms with Crippen molar-refractivity contribution in [1.82, 2.24) is 5.06 Å². The molecule has 2 N–H and O–H groups in total. The highest BCUT2D eigenvalue weighted by molar-refractivity contribution is 9.09. The Bertz CT molecular complexity index is 327. The fraction of sp³-hybridized carbons (Fsp3) is 0.941. The van der Waals surface area contributed by atoms with Crippen molar-refractivity contribution in [2.24, 2.45) is 11.7 Å². The van der Waals surface area contributed by atoms with Crippen LogP contribution in [-0.2, 0) is 9.57 Å². The van der Waals surface area contributed by atoms with E-state index in [0.717, 1.165) is 44.1 Å². The first-order valence-electron chi connectivity index (χ1n) is 9.19. The zero-order valence-corrected chi connectivity index (χ0v) is 17.7. The number of nitrogens with two attached hydrogens (primary N) is 1. The van der Waals surface area contributed by atoms with Gasteiger partial charge in [0.15, 0.2) is 5.01 Å². The van der Waals surface area contributed by atoms with Crippen molar-refractivity contribution in [3.63, 3.8) is 0 Å². The van der Waals surface area contributed by atoms with Crippen LogP contribution >= 0.6 is 31.9 Å². The number of hydrogen-bond acceptors (Lipinski definition) is 5. The van der Waals surface area contributed by atoms with Crippen molar-refractivity contribution in [2.75, 3.05) is 25.0 Å². The van der Waals surface area contributed by atoms with E-state index in [4.69, 9.17) is 15.3 Å². The Labute approximate surface area is 163 Å². The zero-order chi connectivity index (χ0) is 17.6. The summed E-state index contributed by atoms with van der Waals surface area (Å²) in [5.41, 5.74) is 5.66. The average Bonchev–Trinajstić information content (AvgIpc) is 2.58. The fourth-order valence-electron chi connectivity index (χ4n) is 2.81. The van der Waals surface area contributed by atoms with Crippen LogP contribution in [0, 0.1) is 5.92 Å². The molecule has 1 fully saturated rings. The number of carbonyl (C=O) groups is 1. The monoisotopic (exact) mass is 470 g/mol. The number of rotatable bonds is 12. The third-order valence-electron chi connectivity index (χ3n) is 4.40. The molecular formula is C17H32Br2N2O3. The molecule has 1 aliphatic heterocycles. The van der Waals surface area contributed by atoms with E-state index in [-0.39, 0.29) is 5.01 Å². The average molecular weight is 472 g/mol. The smallest absolute Gasteiger partial charge is 0.418 e. The molecule has 0 bridgehead atoms. The van der Waals surface area contributed by atoms with Crippen LogP contribution in [-0.4, -0.2) is 41.2 Å². The SMILES string of the molecule is NCC1CCN(OC(=O)OC(Br)CCCCCCCCCBr)CC1. The van der Waals surface area contributed by atoms with Crippen LogP contribution in [0.5, 0.6) is 0 Å². The van der Waals surface area contributed by atoms with Gasteiger partial charge >= 0.3 is 6.16 Å². The van der Waals surface area contributed by atoms with E-state index in [1.165, 1.54) is 38.5 Å². The lowest BCUT2D eigenvalue weighted by Gasteiger charge is -2.29. The first-order chi connectivity index (χ1) is 11.7. The number of ether oxygens (including phenoxy) is 1. The van der Waals surface area contributed by atoms with Gasteiger partial charge in [0.2, 0.25) is 0 Å². The van der Waals surface area contributed by atoms with Gasteiger partial charge in [0, 0.05) is 18.4 Å². The maximum atomic E-state index is 11.8. The highest BCUT2D eigenvalue weighted by Crippen LogP contribution is 2.18. The molecule has 24 heavy (non-hydrogen) atoms. The van der Waals surface area contributed by atoms with Gasteiger partial charge in [-0.15, -0.1) is 5.06 Å². The summed E-state index contributed by atoms with van der Waals surface area (Å²) < 4.78 is 5.25. The molecule has 142 valence electrons. The summed E-state index contributed by atoms with van der Waals surface area (Å²) >= 11 is 6.86. The summed E-state index contributed by atoms with van der Waals surface area (Å²) in [4.78, 5) is 17.0. The molecule has 0 spiro atoms. The van der Waals surface area contributed by atoms with Crippen molar-refractivity contribution in [3.05, 3.63) is 0 Å². The predicted molar refractivity (Wildman–Crippen MR) is 104 cm³/mol. The third kappa shape index (κ3) is 10.9. The molecule has 5 nitrogen and oxygen atoms in total. The minimum atomic E-state index is -0.613. The second kappa shape index (κ2) is 14.3. The number of carbonyl (C=O) groups excluding carboxylic acids is 1. The minimum absolute atomic E-state index is 0.264. The normalized spacial score (nSPS) is 17.6. The quantitative estimate of drug-likeness (QED) is 0.247. The molecule has 1 unspecified atom stereocenters. The van der Waals surface area contributed by atoms with Crippen molar-refractivity contribution >= 4 is 38.0 Å². The van der Waals surface area contributed by atoms with Gasteiger partial charge in [-0.1, -0.05) is 48.0 Å². The molecule has 1 atom stereocenters. The fourth-order valence-corrected chi connectivity index (χ4v) is 3.68. The van der Waals surface area contributed by atoms with E-state index < -0.39 is 6.16 Å². The first kappa shape index (κ1) is 22.2. The van der Waals surface area contributed by atoms with Crippen LogP contribution in [0.3, 0.4) is 0 Å². The van der Waals surface area contributed by atoms with E-state index >= 15 is 0 Å². The van der Waals surface area contributed by atoms with Gasteiger partial charge in [0.1, 0.15) is 0 Å². The molecule has 1 heterocycles. The maximum absolute atomic E-state index is 11.8. The highest BCUT2D eigenvalue weighted by Gasteiger charge is 2.22. The van der Waals surface area contributed by atoms with Crippen molar-refractivity contribution in [2.45, 2.75) is 69.2 Å². The largest absolute Gasteiger partial charge is 0.529 e. The molecule has 0 aromatic rings. The summed E-state index contributed by atoms with van der Waals surface area (Å²) in [7, 11) is 0. The molecule has 0 saturated carbocycles. The summed E-state index contributed by atoms with van der Waals surface area (Å²) in [6, 6.07) is 0.